The van der Waals surface area contributed by atoms with Gasteiger partial charge in [-0.05, 0) is 44.0 Å². The summed E-state index contributed by atoms with van der Waals surface area (Å²) in [6.45, 7) is 11.4. The van der Waals surface area contributed by atoms with Gasteiger partial charge >= 0.3 is 0 Å². The maximum absolute atomic E-state index is 12.7. The van der Waals surface area contributed by atoms with Gasteiger partial charge in [-0.25, -0.2) is 8.42 Å². The van der Waals surface area contributed by atoms with E-state index < -0.39 is 42.7 Å². The Labute approximate surface area is 425 Å². The van der Waals surface area contributed by atoms with E-state index in [2.05, 4.69) is 11.2 Å². The highest BCUT2D eigenvalue weighted by Gasteiger charge is 2.30. The third-order valence-electron chi connectivity index (χ3n) is 9.85. The third-order valence-corrected chi connectivity index (χ3v) is 12.8. The van der Waals surface area contributed by atoms with Gasteiger partial charge in [-0.15, -0.1) is 6.42 Å². The molecule has 0 saturated heterocycles. The first-order chi connectivity index (χ1) is 34.8. The summed E-state index contributed by atoms with van der Waals surface area (Å²) in [5.74, 6) is 0.285. The molecule has 1 amide bonds. The minimum atomic E-state index is -4.75. The van der Waals surface area contributed by atoms with Gasteiger partial charge in [0.05, 0.1) is 156 Å². The summed E-state index contributed by atoms with van der Waals surface area (Å²) in [5.41, 5.74) is 1.28. The third kappa shape index (κ3) is 33.1. The number of hydrogen-bond acceptors (Lipinski definition) is 19. The molecule has 0 aromatic heterocycles. The number of sulfone groups is 1. The standard InChI is InChI=1S/C49H75NO20S2/c1-3-17-59-19-21-61-23-25-63-27-29-65-31-33-67-35-37-69-39-40-70-38-36-68-34-32-66-30-28-64-26-24-62-22-20-60-18-4-5-47(52)48(72(56,57)58)14-16-50-49(53)44-10-8-43(9-11-44)46(51)15-41-71(54,55)45-12-6-42(2)7-13-45/h1,6-13,48H,4-5,14-41H2,2H3,(H,50,53)(H,56,57,58). The van der Waals surface area contributed by atoms with Crippen LogP contribution in [0.2, 0.25) is 0 Å². The van der Waals surface area contributed by atoms with Crippen LogP contribution in [0.1, 0.15) is 52.0 Å². The second kappa shape index (κ2) is 41.5. The van der Waals surface area contributed by atoms with E-state index in [0.29, 0.717) is 132 Å². The summed E-state index contributed by atoms with van der Waals surface area (Å²) in [4.78, 5) is 38.1. The first-order valence-corrected chi connectivity index (χ1v) is 27.1. The van der Waals surface area contributed by atoms with Crippen molar-refractivity contribution in [1.82, 2.24) is 5.32 Å². The first-order valence-electron chi connectivity index (χ1n) is 23.9. The Bertz CT molecular complexity index is 2000. The van der Waals surface area contributed by atoms with E-state index in [9.17, 15) is 35.8 Å². The lowest BCUT2D eigenvalue weighted by Gasteiger charge is -2.14. The Balaban J connectivity index is 1.34. The summed E-state index contributed by atoms with van der Waals surface area (Å²) in [6, 6.07) is 11.9. The Kier molecular flexibility index (Phi) is 37.1. The predicted molar refractivity (Wildman–Crippen MR) is 264 cm³/mol. The fourth-order valence-electron chi connectivity index (χ4n) is 6.00. The van der Waals surface area contributed by atoms with Gasteiger partial charge in [0.15, 0.2) is 21.4 Å². The van der Waals surface area contributed by atoms with Gasteiger partial charge in [0, 0.05) is 37.1 Å². The molecule has 0 radical (unpaired) electrons. The second-order valence-corrected chi connectivity index (χ2v) is 19.2. The van der Waals surface area contributed by atoms with E-state index in [1.54, 1.807) is 12.1 Å². The average Bonchev–Trinajstić information content (AvgIpc) is 3.36. The molecule has 2 N–H and O–H groups in total. The van der Waals surface area contributed by atoms with Crippen LogP contribution < -0.4 is 5.32 Å². The van der Waals surface area contributed by atoms with Crippen LogP contribution in [0.25, 0.3) is 0 Å². The number of ketones is 2. The Morgan fingerprint density at radius 3 is 1.26 bits per heavy atom. The number of carbonyl (C=O) groups excluding carboxylic acids is 3. The zero-order valence-corrected chi connectivity index (χ0v) is 43.1. The molecule has 23 heteroatoms. The summed E-state index contributed by atoms with van der Waals surface area (Å²) in [7, 11) is -8.41. The molecule has 2 rings (SSSR count). The van der Waals surface area contributed by atoms with Crippen molar-refractivity contribution >= 4 is 37.4 Å². The lowest BCUT2D eigenvalue weighted by Crippen LogP contribution is -2.35. The van der Waals surface area contributed by atoms with E-state index in [0.717, 1.165) is 5.56 Å². The number of rotatable bonds is 49. The van der Waals surface area contributed by atoms with E-state index in [1.807, 2.05) is 6.92 Å². The number of ether oxygens (including phenoxy) is 12. The number of nitrogens with one attached hydrogen (secondary N) is 1. The highest BCUT2D eigenvalue weighted by molar-refractivity contribution is 7.91. The van der Waals surface area contributed by atoms with Crippen LogP contribution >= 0.6 is 0 Å². The zero-order valence-electron chi connectivity index (χ0n) is 41.5. The van der Waals surface area contributed by atoms with E-state index in [4.69, 9.17) is 63.3 Å². The van der Waals surface area contributed by atoms with Crippen LogP contribution in [0.5, 0.6) is 0 Å². The van der Waals surface area contributed by atoms with Crippen LogP contribution in [-0.2, 0) is 81.6 Å². The molecular formula is C49H75NO20S2. The van der Waals surface area contributed by atoms with Crippen molar-refractivity contribution in [2.75, 3.05) is 171 Å². The monoisotopic (exact) mass is 1060 g/mol. The van der Waals surface area contributed by atoms with Crippen LogP contribution in [-0.4, -0.2) is 215 Å². The molecule has 2 aromatic rings. The van der Waals surface area contributed by atoms with Crippen molar-refractivity contribution in [3.8, 4) is 12.3 Å². The molecular weight excluding hydrogens is 987 g/mol. The summed E-state index contributed by atoms with van der Waals surface area (Å²) < 4.78 is 124. The number of amides is 1. The molecule has 0 aliphatic rings. The quantitative estimate of drug-likeness (QED) is 0.0418. The maximum atomic E-state index is 12.7. The van der Waals surface area contributed by atoms with Crippen LogP contribution in [0.3, 0.4) is 0 Å². The Hall–Kier alpha value is -3.81. The second-order valence-electron chi connectivity index (χ2n) is 15.5. The molecule has 408 valence electrons. The largest absolute Gasteiger partial charge is 0.379 e. The van der Waals surface area contributed by atoms with Crippen molar-refractivity contribution in [3.63, 3.8) is 0 Å². The van der Waals surface area contributed by atoms with Gasteiger partial charge in [-0.1, -0.05) is 35.7 Å². The van der Waals surface area contributed by atoms with Crippen LogP contribution in [0.15, 0.2) is 53.4 Å². The number of hydrogen-bond donors (Lipinski definition) is 2. The molecule has 1 unspecified atom stereocenters. The van der Waals surface area contributed by atoms with E-state index in [1.165, 1.54) is 36.4 Å². The Morgan fingerprint density at radius 1 is 0.528 bits per heavy atom. The molecule has 0 aliphatic carbocycles. The SMILES string of the molecule is C#CCOCCOCCOCCOCCOCCOCCOCCOCCOCCOCCOCCOCCCC(=O)C(CCNC(=O)c1ccc(C(=O)CCS(=O)(=O)c2ccc(C)cc2)cc1)S(=O)(=O)O. The van der Waals surface area contributed by atoms with Gasteiger partial charge in [0.2, 0.25) is 0 Å². The molecule has 0 spiro atoms. The first kappa shape index (κ1) is 64.3. The molecule has 0 fully saturated rings. The molecule has 0 aliphatic heterocycles. The number of benzene rings is 2. The minimum Gasteiger partial charge on any atom is -0.379 e. The van der Waals surface area contributed by atoms with Crippen LogP contribution in [0, 0.1) is 19.3 Å². The predicted octanol–water partition coefficient (Wildman–Crippen LogP) is 2.60. The lowest BCUT2D eigenvalue weighted by atomic mass is 10.1. The van der Waals surface area contributed by atoms with E-state index in [-0.39, 0.29) is 80.4 Å². The molecule has 21 nitrogen and oxygen atoms in total. The minimum absolute atomic E-state index is 0.129. The average molecular weight is 1060 g/mol. The van der Waals surface area contributed by atoms with Gasteiger partial charge in [0.25, 0.3) is 16.0 Å². The Morgan fingerprint density at radius 2 is 0.889 bits per heavy atom. The fourth-order valence-corrected chi connectivity index (χ4v) is 8.10. The zero-order chi connectivity index (χ0) is 52.4. The van der Waals surface area contributed by atoms with Crippen molar-refractivity contribution in [3.05, 3.63) is 65.2 Å². The lowest BCUT2D eigenvalue weighted by molar-refractivity contribution is -0.119. The van der Waals surface area contributed by atoms with Crippen molar-refractivity contribution < 1.29 is 92.6 Å². The molecule has 72 heavy (non-hydrogen) atoms. The highest BCUT2D eigenvalue weighted by atomic mass is 32.2. The van der Waals surface area contributed by atoms with Gasteiger partial charge in [-0.3, -0.25) is 18.9 Å². The van der Waals surface area contributed by atoms with Crippen molar-refractivity contribution in [1.29, 1.82) is 0 Å². The number of carbonyl (C=O) groups is 3. The summed E-state index contributed by atoms with van der Waals surface area (Å²) in [6.07, 6.45) is 4.51. The number of terminal acetylenes is 1. The smallest absolute Gasteiger partial charge is 0.275 e. The maximum Gasteiger partial charge on any atom is 0.275 e. The summed E-state index contributed by atoms with van der Waals surface area (Å²) >= 11 is 0. The molecule has 1 atom stereocenters. The number of aryl methyl sites for hydroxylation is 1. The molecule has 0 heterocycles. The van der Waals surface area contributed by atoms with Crippen molar-refractivity contribution in [2.45, 2.75) is 42.8 Å². The van der Waals surface area contributed by atoms with Gasteiger partial charge in [-0.2, -0.15) is 8.42 Å². The van der Waals surface area contributed by atoms with Crippen molar-refractivity contribution in [2.24, 2.45) is 0 Å². The normalized spacial score (nSPS) is 12.2. The van der Waals surface area contributed by atoms with E-state index >= 15 is 0 Å². The highest BCUT2D eigenvalue weighted by Crippen LogP contribution is 2.16. The van der Waals surface area contributed by atoms with Crippen LogP contribution in [0.4, 0.5) is 0 Å². The molecule has 0 saturated carbocycles. The van der Waals surface area contributed by atoms with Gasteiger partial charge < -0.3 is 62.2 Å². The summed E-state index contributed by atoms with van der Waals surface area (Å²) in [5, 5.41) is 0.779. The topological polar surface area (TPSA) is 263 Å². The fraction of sp³-hybridized carbons (Fsp3) is 0.653. The number of Topliss-reactive ketones (excluding diaryl/α,β-unsaturated/α-hetero) is 2. The molecule has 0 bridgehead atoms. The molecule has 2 aromatic carbocycles. The van der Waals surface area contributed by atoms with Gasteiger partial charge in [0.1, 0.15) is 11.9 Å².